The van der Waals surface area contributed by atoms with Gasteiger partial charge in [-0.25, -0.2) is 9.07 Å². The molecule has 2 heterocycles. The summed E-state index contributed by atoms with van der Waals surface area (Å²) in [7, 11) is 0. The van der Waals surface area contributed by atoms with Crippen LogP contribution in [0.5, 0.6) is 11.5 Å². The fraction of sp³-hybridized carbons (Fsp3) is 0.208. The molecule has 1 saturated heterocycles. The SMILES string of the molecule is C=C(F)C(=O)N1CCC[C@@H](n2nc(-c3ccc(Oc4ccc(Cl)cc4)cc3)c(C(N)=O)c2N)C1. The molecule has 2 amide bonds. The van der Waals surface area contributed by atoms with Gasteiger partial charge < -0.3 is 21.1 Å². The van der Waals surface area contributed by atoms with Crippen molar-refractivity contribution in [2.24, 2.45) is 5.73 Å². The second kappa shape index (κ2) is 9.56. The molecule has 1 fully saturated rings. The number of nitrogens with zero attached hydrogens (tertiary/aromatic N) is 3. The van der Waals surface area contributed by atoms with E-state index >= 15 is 0 Å². The number of carbonyl (C=O) groups excluding carboxylic acids is 2. The van der Waals surface area contributed by atoms with Gasteiger partial charge >= 0.3 is 0 Å². The molecule has 1 aliphatic rings. The molecule has 1 aliphatic heterocycles. The molecule has 176 valence electrons. The Bertz CT molecular complexity index is 1240. The van der Waals surface area contributed by atoms with Gasteiger partial charge in [0.05, 0.1) is 6.04 Å². The highest BCUT2D eigenvalue weighted by Gasteiger charge is 2.30. The summed E-state index contributed by atoms with van der Waals surface area (Å²) in [6.07, 6.45) is 1.28. The van der Waals surface area contributed by atoms with Gasteiger partial charge in [0, 0.05) is 23.7 Å². The van der Waals surface area contributed by atoms with Crippen LogP contribution in [0.1, 0.15) is 29.2 Å². The number of nitrogen functional groups attached to an aromatic ring is 1. The Labute approximate surface area is 200 Å². The Balaban J connectivity index is 1.61. The number of nitrogens with two attached hydrogens (primary N) is 2. The first-order valence-corrected chi connectivity index (χ1v) is 11.0. The fourth-order valence-electron chi connectivity index (χ4n) is 4.00. The van der Waals surface area contributed by atoms with E-state index in [0.717, 1.165) is 0 Å². The summed E-state index contributed by atoms with van der Waals surface area (Å²) < 4.78 is 20.7. The van der Waals surface area contributed by atoms with Crippen LogP contribution in [0, 0.1) is 0 Å². The van der Waals surface area contributed by atoms with Crippen molar-refractivity contribution in [2.75, 3.05) is 18.8 Å². The first-order valence-electron chi connectivity index (χ1n) is 10.6. The Hall–Kier alpha value is -3.85. The quantitative estimate of drug-likeness (QED) is 0.506. The molecular formula is C24H23ClFN5O3. The van der Waals surface area contributed by atoms with Gasteiger partial charge in [0.1, 0.15) is 28.6 Å². The van der Waals surface area contributed by atoms with E-state index < -0.39 is 17.6 Å². The van der Waals surface area contributed by atoms with Crippen LogP contribution in [0.4, 0.5) is 10.2 Å². The maximum absolute atomic E-state index is 13.4. The van der Waals surface area contributed by atoms with E-state index in [-0.39, 0.29) is 24.0 Å². The summed E-state index contributed by atoms with van der Waals surface area (Å²) >= 11 is 5.90. The van der Waals surface area contributed by atoms with Crippen molar-refractivity contribution in [3.63, 3.8) is 0 Å². The van der Waals surface area contributed by atoms with Crippen LogP contribution < -0.4 is 16.2 Å². The number of halogens is 2. The monoisotopic (exact) mass is 483 g/mol. The summed E-state index contributed by atoms with van der Waals surface area (Å²) in [5.74, 6) is -1.21. The van der Waals surface area contributed by atoms with Crippen molar-refractivity contribution >= 4 is 29.2 Å². The molecule has 0 radical (unpaired) electrons. The third kappa shape index (κ3) is 4.74. The standard InChI is InChI=1S/C24H23ClFN5O3/c1-14(26)24(33)30-12-2-3-17(13-30)31-22(27)20(23(28)32)21(29-31)15-4-8-18(9-5-15)34-19-10-6-16(25)7-11-19/h4-11,17H,1-3,12-13,27H2,(H2,28,32)/t17-/m1/s1. The zero-order chi connectivity index (χ0) is 24.4. The van der Waals surface area contributed by atoms with Crippen molar-refractivity contribution in [1.29, 1.82) is 0 Å². The van der Waals surface area contributed by atoms with Crippen LogP contribution in [0.15, 0.2) is 60.9 Å². The van der Waals surface area contributed by atoms with Gasteiger partial charge in [0.25, 0.3) is 11.8 Å². The van der Waals surface area contributed by atoms with Crippen LogP contribution in [-0.2, 0) is 4.79 Å². The molecular weight excluding hydrogens is 461 g/mol. The molecule has 34 heavy (non-hydrogen) atoms. The average molecular weight is 484 g/mol. The third-order valence-corrected chi connectivity index (χ3v) is 5.88. The predicted molar refractivity (Wildman–Crippen MR) is 127 cm³/mol. The zero-order valence-electron chi connectivity index (χ0n) is 18.2. The largest absolute Gasteiger partial charge is 0.457 e. The Kier molecular flexibility index (Phi) is 6.56. The van der Waals surface area contributed by atoms with Gasteiger partial charge in [-0.15, -0.1) is 0 Å². The number of anilines is 1. The Morgan fingerprint density at radius 2 is 1.74 bits per heavy atom. The minimum Gasteiger partial charge on any atom is -0.457 e. The molecule has 4 N–H and O–H groups in total. The van der Waals surface area contributed by atoms with Crippen LogP contribution in [0.25, 0.3) is 11.3 Å². The molecule has 0 aliphatic carbocycles. The number of amides is 2. The van der Waals surface area contributed by atoms with Crippen molar-refractivity contribution in [3.05, 3.63) is 71.5 Å². The van der Waals surface area contributed by atoms with E-state index in [1.54, 1.807) is 48.5 Å². The summed E-state index contributed by atoms with van der Waals surface area (Å²) in [6, 6.07) is 13.6. The van der Waals surface area contributed by atoms with Gasteiger partial charge in [0.15, 0.2) is 5.83 Å². The lowest BCUT2D eigenvalue weighted by Crippen LogP contribution is -2.41. The average Bonchev–Trinajstić information content (AvgIpc) is 3.18. The number of aromatic nitrogens is 2. The lowest BCUT2D eigenvalue weighted by molar-refractivity contribution is -0.130. The minimum atomic E-state index is -1.02. The Morgan fingerprint density at radius 1 is 1.12 bits per heavy atom. The number of piperidine rings is 1. The molecule has 1 atom stereocenters. The molecule has 0 unspecified atom stereocenters. The van der Waals surface area contributed by atoms with E-state index in [1.165, 1.54) is 9.58 Å². The summed E-state index contributed by atoms with van der Waals surface area (Å²) in [6.45, 7) is 3.68. The molecule has 0 saturated carbocycles. The van der Waals surface area contributed by atoms with Crippen molar-refractivity contribution in [3.8, 4) is 22.8 Å². The number of rotatable bonds is 6. The number of primary amides is 1. The van der Waals surface area contributed by atoms with E-state index in [1.807, 2.05) is 0 Å². The molecule has 2 aromatic carbocycles. The molecule has 0 bridgehead atoms. The van der Waals surface area contributed by atoms with Gasteiger partial charge in [-0.05, 0) is 61.4 Å². The number of likely N-dealkylation sites (tertiary alicyclic amines) is 1. The Morgan fingerprint density at radius 3 is 2.32 bits per heavy atom. The second-order valence-electron chi connectivity index (χ2n) is 7.95. The molecule has 3 aromatic rings. The molecule has 8 nitrogen and oxygen atoms in total. The lowest BCUT2D eigenvalue weighted by atomic mass is 10.1. The maximum Gasteiger partial charge on any atom is 0.282 e. The lowest BCUT2D eigenvalue weighted by Gasteiger charge is -2.32. The van der Waals surface area contributed by atoms with Crippen LogP contribution in [0.2, 0.25) is 5.02 Å². The summed E-state index contributed by atoms with van der Waals surface area (Å²) in [4.78, 5) is 25.6. The van der Waals surface area contributed by atoms with E-state index in [4.69, 9.17) is 27.8 Å². The highest BCUT2D eigenvalue weighted by Crippen LogP contribution is 2.33. The van der Waals surface area contributed by atoms with Crippen LogP contribution in [-0.4, -0.2) is 39.6 Å². The third-order valence-electron chi connectivity index (χ3n) is 5.63. The molecule has 1 aromatic heterocycles. The normalized spacial score (nSPS) is 15.7. The van der Waals surface area contributed by atoms with E-state index in [9.17, 15) is 14.0 Å². The van der Waals surface area contributed by atoms with Crippen molar-refractivity contribution in [1.82, 2.24) is 14.7 Å². The van der Waals surface area contributed by atoms with Crippen molar-refractivity contribution < 1.29 is 18.7 Å². The highest BCUT2D eigenvalue weighted by molar-refractivity contribution is 6.30. The minimum absolute atomic E-state index is 0.0877. The zero-order valence-corrected chi connectivity index (χ0v) is 19.0. The van der Waals surface area contributed by atoms with Crippen LogP contribution >= 0.6 is 11.6 Å². The van der Waals surface area contributed by atoms with E-state index in [0.29, 0.717) is 47.2 Å². The maximum atomic E-state index is 13.4. The van der Waals surface area contributed by atoms with Crippen molar-refractivity contribution in [2.45, 2.75) is 18.9 Å². The number of carbonyl (C=O) groups is 2. The number of hydrogen-bond donors (Lipinski definition) is 2. The van der Waals surface area contributed by atoms with E-state index in [2.05, 4.69) is 11.7 Å². The fourth-order valence-corrected chi connectivity index (χ4v) is 4.13. The number of benzene rings is 2. The summed E-state index contributed by atoms with van der Waals surface area (Å²) in [5.41, 5.74) is 12.9. The number of hydrogen-bond acceptors (Lipinski definition) is 5. The smallest absolute Gasteiger partial charge is 0.282 e. The molecule has 10 heteroatoms. The predicted octanol–water partition coefficient (Wildman–Crippen LogP) is 4.32. The van der Waals surface area contributed by atoms with Gasteiger partial charge in [-0.2, -0.15) is 5.10 Å². The van der Waals surface area contributed by atoms with Gasteiger partial charge in [-0.1, -0.05) is 18.2 Å². The highest BCUT2D eigenvalue weighted by atomic mass is 35.5. The van der Waals surface area contributed by atoms with Crippen LogP contribution in [0.3, 0.4) is 0 Å². The van der Waals surface area contributed by atoms with Gasteiger partial charge in [0.2, 0.25) is 0 Å². The topological polar surface area (TPSA) is 116 Å². The molecule has 0 spiro atoms. The number of ether oxygens (including phenoxy) is 1. The first-order chi connectivity index (χ1) is 16.2. The first kappa shape index (κ1) is 23.3. The second-order valence-corrected chi connectivity index (χ2v) is 8.39. The molecule has 4 rings (SSSR count). The summed E-state index contributed by atoms with van der Waals surface area (Å²) in [5, 5.41) is 5.17. The van der Waals surface area contributed by atoms with Gasteiger partial charge in [-0.3, -0.25) is 9.59 Å².